The fourth-order valence-corrected chi connectivity index (χ4v) is 3.47. The van der Waals surface area contributed by atoms with Crippen LogP contribution in [-0.2, 0) is 6.42 Å². The summed E-state index contributed by atoms with van der Waals surface area (Å²) >= 11 is 1.00. The maximum atomic E-state index is 11.2. The van der Waals surface area contributed by atoms with Crippen LogP contribution >= 0.6 is 11.3 Å². The van der Waals surface area contributed by atoms with Gasteiger partial charge >= 0.3 is 4.87 Å². The van der Waals surface area contributed by atoms with E-state index in [0.29, 0.717) is 23.7 Å². The van der Waals surface area contributed by atoms with E-state index in [1.54, 1.807) is 7.11 Å². The van der Waals surface area contributed by atoms with Gasteiger partial charge in [-0.15, -0.1) is 0 Å². The number of aliphatic hydroxyl groups is 1. The second kappa shape index (κ2) is 8.75. The summed E-state index contributed by atoms with van der Waals surface area (Å²) in [5.74, 6) is 1.19. The first kappa shape index (κ1) is 19.0. The molecule has 27 heavy (non-hydrogen) atoms. The first-order valence-electron chi connectivity index (χ1n) is 8.46. The second-order valence-electron chi connectivity index (χ2n) is 6.07. The summed E-state index contributed by atoms with van der Waals surface area (Å²) in [5.41, 5.74) is 1.91. The van der Waals surface area contributed by atoms with Gasteiger partial charge in [-0.05, 0) is 35.4 Å². The van der Waals surface area contributed by atoms with Crippen LogP contribution in [0.5, 0.6) is 17.4 Å². The molecular weight excluding hydrogens is 366 g/mol. The molecule has 1 unspecified atom stereocenters. The highest BCUT2D eigenvalue weighted by atomic mass is 32.1. The van der Waals surface area contributed by atoms with Gasteiger partial charge in [0.1, 0.15) is 11.5 Å². The van der Waals surface area contributed by atoms with Crippen molar-refractivity contribution in [3.63, 3.8) is 0 Å². The number of nitrogens with one attached hydrogen (secondary N) is 1. The Morgan fingerprint density at radius 1 is 1.15 bits per heavy atom. The monoisotopic (exact) mass is 387 g/mol. The molecule has 6 nitrogen and oxygen atoms in total. The van der Waals surface area contributed by atoms with E-state index in [0.717, 1.165) is 28.2 Å². The third kappa shape index (κ3) is 4.90. The number of aromatic hydroxyl groups is 1. The van der Waals surface area contributed by atoms with Gasteiger partial charge in [0.2, 0.25) is 5.88 Å². The third-order valence-corrected chi connectivity index (χ3v) is 5.10. The Balaban J connectivity index is 1.61. The molecule has 0 saturated heterocycles. The molecule has 2 aromatic carbocycles. The maximum Gasteiger partial charge on any atom is 0.307 e. The van der Waals surface area contributed by atoms with Crippen LogP contribution in [-0.4, -0.2) is 35.5 Å². The molecule has 7 heteroatoms. The van der Waals surface area contributed by atoms with Crippen molar-refractivity contribution >= 4 is 11.3 Å². The number of hydrogen-bond acceptors (Lipinski definition) is 6. The normalized spacial score (nSPS) is 11.9. The van der Waals surface area contributed by atoms with Gasteiger partial charge in [-0.25, -0.2) is 0 Å². The zero-order chi connectivity index (χ0) is 19.2. The summed E-state index contributed by atoms with van der Waals surface area (Å²) in [4.78, 5) is 13.9. The van der Waals surface area contributed by atoms with Crippen LogP contribution in [0.4, 0.5) is 0 Å². The Morgan fingerprint density at radius 3 is 2.56 bits per heavy atom. The van der Waals surface area contributed by atoms with E-state index in [9.17, 15) is 15.0 Å². The number of hydrogen-bond donors (Lipinski definition) is 3. The Labute approximate surface area is 160 Å². The van der Waals surface area contributed by atoms with Crippen molar-refractivity contribution in [3.05, 3.63) is 74.2 Å². The second-order valence-corrected chi connectivity index (χ2v) is 7.14. The highest BCUT2D eigenvalue weighted by molar-refractivity contribution is 7.09. The number of aromatic nitrogens is 1. The van der Waals surface area contributed by atoms with E-state index in [-0.39, 0.29) is 23.3 Å². The minimum atomic E-state index is -0.268. The Hall–Kier alpha value is -2.77. The van der Waals surface area contributed by atoms with Gasteiger partial charge in [0, 0.05) is 12.3 Å². The molecule has 0 bridgehead atoms. The fraction of sp³-hybridized carbons (Fsp3) is 0.250. The van der Waals surface area contributed by atoms with E-state index < -0.39 is 0 Å². The van der Waals surface area contributed by atoms with Crippen LogP contribution in [0.1, 0.15) is 21.9 Å². The van der Waals surface area contributed by atoms with Crippen LogP contribution in [0.2, 0.25) is 0 Å². The number of rotatable bonds is 8. The molecule has 0 amide bonds. The lowest BCUT2D eigenvalue weighted by atomic mass is 10.0. The minimum absolute atomic E-state index is 0.0308. The zero-order valence-electron chi connectivity index (χ0n) is 14.8. The van der Waals surface area contributed by atoms with Gasteiger partial charge in [-0.2, -0.15) is 0 Å². The summed E-state index contributed by atoms with van der Waals surface area (Å²) in [6.45, 7) is 0.306. The van der Waals surface area contributed by atoms with E-state index >= 15 is 0 Å². The Morgan fingerprint density at radius 2 is 1.93 bits per heavy atom. The van der Waals surface area contributed by atoms with Crippen molar-refractivity contribution in [3.8, 4) is 17.4 Å². The van der Waals surface area contributed by atoms with Gasteiger partial charge in [-0.3, -0.25) is 9.78 Å². The predicted octanol–water partition coefficient (Wildman–Crippen LogP) is 2.90. The smallest absolute Gasteiger partial charge is 0.307 e. The van der Waals surface area contributed by atoms with Crippen LogP contribution in [0.25, 0.3) is 0 Å². The van der Waals surface area contributed by atoms with Crippen LogP contribution in [0, 0.1) is 0 Å². The highest BCUT2D eigenvalue weighted by Gasteiger charge is 2.13. The van der Waals surface area contributed by atoms with E-state index in [1.165, 1.54) is 0 Å². The van der Waals surface area contributed by atoms with Crippen molar-refractivity contribution in [2.45, 2.75) is 12.3 Å². The van der Waals surface area contributed by atoms with E-state index in [4.69, 9.17) is 9.47 Å². The largest absolute Gasteiger partial charge is 0.497 e. The zero-order valence-corrected chi connectivity index (χ0v) is 15.7. The van der Waals surface area contributed by atoms with Crippen molar-refractivity contribution in [2.24, 2.45) is 0 Å². The lowest BCUT2D eigenvalue weighted by Crippen LogP contribution is -2.14. The quantitative estimate of drug-likeness (QED) is 0.553. The minimum Gasteiger partial charge on any atom is -0.497 e. The number of thiazole rings is 1. The topological polar surface area (TPSA) is 91.8 Å². The van der Waals surface area contributed by atoms with E-state index in [1.807, 2.05) is 48.5 Å². The maximum absolute atomic E-state index is 11.2. The lowest BCUT2D eigenvalue weighted by Gasteiger charge is -2.16. The number of aromatic amines is 1. The Bertz CT molecular complexity index is 932. The summed E-state index contributed by atoms with van der Waals surface area (Å²) in [7, 11) is 1.61. The average Bonchev–Trinajstić information content (AvgIpc) is 3.00. The molecule has 3 rings (SSSR count). The standard InChI is InChI=1S/C20H21NO5S/c1-25-17-4-2-3-14(10-17)15(11-22)12-26-16-7-5-13(6-8-16)9-18-19(23)21-20(24)27-18/h2-8,10,15,22-23H,9,11-12H2,1H3,(H,21,24). The van der Waals surface area contributed by atoms with Crippen LogP contribution in [0.15, 0.2) is 53.3 Å². The molecule has 1 aromatic heterocycles. The number of H-pyrrole nitrogens is 1. The molecule has 0 fully saturated rings. The molecule has 3 N–H and O–H groups in total. The molecule has 0 aliphatic heterocycles. The molecular formula is C20H21NO5S. The molecule has 3 aromatic rings. The van der Waals surface area contributed by atoms with Gasteiger partial charge in [0.25, 0.3) is 0 Å². The SMILES string of the molecule is COc1cccc(C(CO)COc2ccc(Cc3sc(=O)[nH]c3O)cc2)c1. The summed E-state index contributed by atoms with van der Waals surface area (Å²) in [6, 6.07) is 15.0. The molecule has 0 spiro atoms. The van der Waals surface area contributed by atoms with Crippen LogP contribution < -0.4 is 14.3 Å². The molecule has 0 aliphatic carbocycles. The Kier molecular flexibility index (Phi) is 6.16. The summed E-state index contributed by atoms with van der Waals surface area (Å²) in [6.07, 6.45) is 0.471. The number of methoxy groups -OCH3 is 1. The van der Waals surface area contributed by atoms with Gasteiger partial charge < -0.3 is 19.7 Å². The van der Waals surface area contributed by atoms with Crippen molar-refractivity contribution < 1.29 is 19.7 Å². The van der Waals surface area contributed by atoms with Gasteiger partial charge in [0.05, 0.1) is 25.2 Å². The number of aliphatic hydroxyl groups excluding tert-OH is 1. The average molecular weight is 387 g/mol. The van der Waals surface area contributed by atoms with Crippen molar-refractivity contribution in [2.75, 3.05) is 20.3 Å². The first-order chi connectivity index (χ1) is 13.1. The summed E-state index contributed by atoms with van der Waals surface area (Å²) < 4.78 is 11.0. The van der Waals surface area contributed by atoms with Gasteiger partial charge in [-0.1, -0.05) is 35.6 Å². The number of ether oxygens (including phenoxy) is 2. The number of benzene rings is 2. The lowest BCUT2D eigenvalue weighted by molar-refractivity contribution is 0.205. The first-order valence-corrected chi connectivity index (χ1v) is 9.28. The summed E-state index contributed by atoms with van der Waals surface area (Å²) in [5, 5.41) is 19.3. The molecule has 0 radical (unpaired) electrons. The van der Waals surface area contributed by atoms with Crippen molar-refractivity contribution in [1.29, 1.82) is 0 Å². The molecule has 0 aliphatic rings. The highest BCUT2D eigenvalue weighted by Crippen LogP contribution is 2.24. The fourth-order valence-electron chi connectivity index (χ4n) is 2.71. The van der Waals surface area contributed by atoms with Gasteiger partial charge in [0.15, 0.2) is 0 Å². The molecule has 1 heterocycles. The molecule has 1 atom stereocenters. The third-order valence-electron chi connectivity index (χ3n) is 4.23. The molecule has 142 valence electrons. The van der Waals surface area contributed by atoms with Crippen molar-refractivity contribution in [1.82, 2.24) is 4.98 Å². The molecule has 0 saturated carbocycles. The predicted molar refractivity (Wildman–Crippen MR) is 104 cm³/mol. The van der Waals surface area contributed by atoms with E-state index in [2.05, 4.69) is 4.98 Å². The van der Waals surface area contributed by atoms with Crippen LogP contribution in [0.3, 0.4) is 0 Å².